The van der Waals surface area contributed by atoms with Gasteiger partial charge in [-0.2, -0.15) is 15.0 Å². The van der Waals surface area contributed by atoms with Crippen LogP contribution in [0.15, 0.2) is 24.3 Å². The van der Waals surface area contributed by atoms with Crippen molar-refractivity contribution in [3.8, 4) is 0 Å². The number of aromatic nitrogens is 3. The third kappa shape index (κ3) is 6.36. The van der Waals surface area contributed by atoms with Crippen molar-refractivity contribution < 1.29 is 5.11 Å². The summed E-state index contributed by atoms with van der Waals surface area (Å²) in [5, 5.41) is 19.6. The first-order valence-electron chi connectivity index (χ1n) is 8.38. The monoisotopic (exact) mass is 364 g/mol. The van der Waals surface area contributed by atoms with Gasteiger partial charge in [0.05, 0.1) is 12.6 Å². The van der Waals surface area contributed by atoms with Crippen LogP contribution in [-0.2, 0) is 6.54 Å². The van der Waals surface area contributed by atoms with E-state index in [1.807, 2.05) is 45.0 Å². The second-order valence-electron chi connectivity index (χ2n) is 6.02. The zero-order chi connectivity index (χ0) is 18.2. The summed E-state index contributed by atoms with van der Waals surface area (Å²) >= 11 is 5.90. The molecule has 0 bridgehead atoms. The van der Waals surface area contributed by atoms with Crippen LogP contribution in [0.3, 0.4) is 0 Å². The molecule has 0 aliphatic rings. The van der Waals surface area contributed by atoms with Gasteiger partial charge in [0.25, 0.3) is 0 Å². The lowest BCUT2D eigenvalue weighted by Gasteiger charge is -2.16. The molecule has 1 aromatic heterocycles. The van der Waals surface area contributed by atoms with Gasteiger partial charge in [0.15, 0.2) is 0 Å². The number of rotatable bonds is 9. The molecule has 0 amide bonds. The van der Waals surface area contributed by atoms with Crippen LogP contribution in [0.2, 0.25) is 5.02 Å². The molecule has 0 saturated heterocycles. The molecule has 1 heterocycles. The predicted octanol–water partition coefficient (Wildman–Crippen LogP) is 3.14. The molecule has 7 nitrogen and oxygen atoms in total. The topological polar surface area (TPSA) is 95.0 Å². The summed E-state index contributed by atoms with van der Waals surface area (Å²) in [7, 11) is 0. The van der Waals surface area contributed by atoms with Gasteiger partial charge >= 0.3 is 0 Å². The molecular formula is C17H25ClN6O. The highest BCUT2D eigenvalue weighted by molar-refractivity contribution is 6.30. The summed E-state index contributed by atoms with van der Waals surface area (Å²) in [6.07, 6.45) is 0.767. The summed E-state index contributed by atoms with van der Waals surface area (Å²) in [5.74, 6) is 1.37. The molecule has 1 aromatic carbocycles. The van der Waals surface area contributed by atoms with Crippen LogP contribution in [0.4, 0.5) is 17.8 Å². The first kappa shape index (κ1) is 19.2. The SMILES string of the molecule is CC[C@H](CO)Nc1nc(NCc2ccc(Cl)cc2)nc(NC(C)C)n1. The molecule has 0 aliphatic carbocycles. The van der Waals surface area contributed by atoms with E-state index in [0.29, 0.717) is 29.4 Å². The average Bonchev–Trinajstić information content (AvgIpc) is 2.58. The predicted molar refractivity (Wildman–Crippen MR) is 102 cm³/mol. The van der Waals surface area contributed by atoms with Crippen molar-refractivity contribution in [1.29, 1.82) is 0 Å². The third-order valence-corrected chi connectivity index (χ3v) is 3.72. The van der Waals surface area contributed by atoms with Gasteiger partial charge in [-0.25, -0.2) is 0 Å². The highest BCUT2D eigenvalue weighted by Crippen LogP contribution is 2.14. The summed E-state index contributed by atoms with van der Waals surface area (Å²) < 4.78 is 0. The molecule has 2 aromatic rings. The van der Waals surface area contributed by atoms with Crippen LogP contribution in [0.1, 0.15) is 32.8 Å². The summed E-state index contributed by atoms with van der Waals surface area (Å²) in [5.41, 5.74) is 1.07. The summed E-state index contributed by atoms with van der Waals surface area (Å²) in [6.45, 7) is 6.60. The molecule has 25 heavy (non-hydrogen) atoms. The molecule has 0 radical (unpaired) electrons. The van der Waals surface area contributed by atoms with Gasteiger partial charge in [-0.3, -0.25) is 0 Å². The smallest absolute Gasteiger partial charge is 0.229 e. The Balaban J connectivity index is 2.15. The largest absolute Gasteiger partial charge is 0.394 e. The van der Waals surface area contributed by atoms with Crippen LogP contribution in [0, 0.1) is 0 Å². The zero-order valence-electron chi connectivity index (χ0n) is 14.8. The lowest BCUT2D eigenvalue weighted by molar-refractivity contribution is 0.271. The zero-order valence-corrected chi connectivity index (χ0v) is 15.5. The van der Waals surface area contributed by atoms with E-state index in [1.165, 1.54) is 0 Å². The lowest BCUT2D eigenvalue weighted by atomic mass is 10.2. The number of hydrogen-bond acceptors (Lipinski definition) is 7. The van der Waals surface area contributed by atoms with Gasteiger partial charge in [0.2, 0.25) is 17.8 Å². The van der Waals surface area contributed by atoms with E-state index < -0.39 is 0 Å². The van der Waals surface area contributed by atoms with Crippen molar-refractivity contribution in [3.05, 3.63) is 34.9 Å². The quantitative estimate of drug-likeness (QED) is 0.543. The summed E-state index contributed by atoms with van der Waals surface area (Å²) in [4.78, 5) is 13.1. The van der Waals surface area contributed by atoms with Crippen molar-refractivity contribution >= 4 is 29.4 Å². The molecule has 136 valence electrons. The van der Waals surface area contributed by atoms with E-state index in [0.717, 1.165) is 12.0 Å². The maximum Gasteiger partial charge on any atom is 0.229 e. The first-order valence-corrected chi connectivity index (χ1v) is 8.76. The molecule has 0 unspecified atom stereocenters. The minimum absolute atomic E-state index is 0.0165. The van der Waals surface area contributed by atoms with Gasteiger partial charge in [-0.1, -0.05) is 30.7 Å². The third-order valence-electron chi connectivity index (χ3n) is 3.46. The molecule has 0 spiro atoms. The molecule has 4 N–H and O–H groups in total. The molecule has 0 fully saturated rings. The standard InChI is InChI=1S/C17H25ClN6O/c1-4-14(10-25)21-17-23-15(22-16(24-17)20-11(2)3)19-9-12-5-7-13(18)8-6-12/h5-8,11,14,25H,4,9-10H2,1-3H3,(H3,19,20,21,22,23,24)/t14-/m1/s1. The van der Waals surface area contributed by atoms with Gasteiger partial charge in [-0.15, -0.1) is 0 Å². The fraction of sp³-hybridized carbons (Fsp3) is 0.471. The van der Waals surface area contributed by atoms with Crippen LogP contribution in [0.25, 0.3) is 0 Å². The van der Waals surface area contributed by atoms with E-state index >= 15 is 0 Å². The summed E-state index contributed by atoms with van der Waals surface area (Å²) in [6, 6.07) is 7.68. The van der Waals surface area contributed by atoms with E-state index in [4.69, 9.17) is 11.6 Å². The second-order valence-corrected chi connectivity index (χ2v) is 6.45. The highest BCUT2D eigenvalue weighted by atomic mass is 35.5. The Bertz CT molecular complexity index is 661. The number of anilines is 3. The molecule has 2 rings (SSSR count). The van der Waals surface area contributed by atoms with E-state index in [1.54, 1.807) is 0 Å². The fourth-order valence-corrected chi connectivity index (χ4v) is 2.21. The number of nitrogens with zero attached hydrogens (tertiary/aromatic N) is 3. The van der Waals surface area contributed by atoms with Gasteiger partial charge in [0.1, 0.15) is 0 Å². The van der Waals surface area contributed by atoms with Crippen molar-refractivity contribution in [3.63, 3.8) is 0 Å². The maximum atomic E-state index is 9.37. The Morgan fingerprint density at radius 2 is 1.60 bits per heavy atom. The number of aliphatic hydroxyl groups excluding tert-OH is 1. The first-order chi connectivity index (χ1) is 12.0. The fourth-order valence-electron chi connectivity index (χ4n) is 2.09. The Morgan fingerprint density at radius 1 is 1.00 bits per heavy atom. The molecular weight excluding hydrogens is 340 g/mol. The van der Waals surface area contributed by atoms with E-state index in [-0.39, 0.29) is 18.7 Å². The molecule has 8 heteroatoms. The van der Waals surface area contributed by atoms with Crippen molar-refractivity contribution in [2.45, 2.75) is 45.8 Å². The number of aliphatic hydroxyl groups is 1. The van der Waals surface area contributed by atoms with Crippen LogP contribution in [-0.4, -0.2) is 38.7 Å². The Hall–Kier alpha value is -2.12. The Kier molecular flexibility index (Phi) is 7.21. The lowest BCUT2D eigenvalue weighted by Crippen LogP contribution is -2.25. The van der Waals surface area contributed by atoms with E-state index in [2.05, 4.69) is 30.9 Å². The van der Waals surface area contributed by atoms with Crippen LogP contribution in [0.5, 0.6) is 0 Å². The van der Waals surface area contributed by atoms with Gasteiger partial charge < -0.3 is 21.1 Å². The number of nitrogens with one attached hydrogen (secondary N) is 3. The molecule has 1 atom stereocenters. The van der Waals surface area contributed by atoms with Crippen molar-refractivity contribution in [2.24, 2.45) is 0 Å². The number of halogens is 1. The maximum absolute atomic E-state index is 9.37. The Labute approximate surface area is 153 Å². The molecule has 0 aliphatic heterocycles. The molecule has 0 saturated carbocycles. The van der Waals surface area contributed by atoms with Crippen molar-refractivity contribution in [1.82, 2.24) is 15.0 Å². The average molecular weight is 365 g/mol. The highest BCUT2D eigenvalue weighted by Gasteiger charge is 2.11. The second kappa shape index (κ2) is 9.39. The van der Waals surface area contributed by atoms with Crippen LogP contribution >= 0.6 is 11.6 Å². The number of hydrogen-bond donors (Lipinski definition) is 4. The van der Waals surface area contributed by atoms with Crippen LogP contribution < -0.4 is 16.0 Å². The van der Waals surface area contributed by atoms with Gasteiger partial charge in [0, 0.05) is 17.6 Å². The Morgan fingerprint density at radius 3 is 2.16 bits per heavy atom. The number of benzene rings is 1. The van der Waals surface area contributed by atoms with E-state index in [9.17, 15) is 5.11 Å². The normalized spacial score (nSPS) is 12.1. The minimum atomic E-state index is -0.0987. The minimum Gasteiger partial charge on any atom is -0.394 e. The van der Waals surface area contributed by atoms with Gasteiger partial charge in [-0.05, 0) is 38.0 Å². The van der Waals surface area contributed by atoms with Crippen molar-refractivity contribution in [2.75, 3.05) is 22.6 Å².